The number of aryl methyl sites for hydroxylation is 1. The molecule has 7 heteroatoms. The van der Waals surface area contributed by atoms with E-state index < -0.39 is 9.05 Å². The Kier molecular flexibility index (Phi) is 4.59. The third kappa shape index (κ3) is 3.47. The van der Waals surface area contributed by atoms with Gasteiger partial charge in [0, 0.05) is 30.0 Å². The number of nitrogens with zero attached hydrogens (tertiary/aromatic N) is 1. The number of rotatable bonds is 5. The second-order valence-electron chi connectivity index (χ2n) is 3.54. The lowest BCUT2D eigenvalue weighted by molar-refractivity contribution is 0.0944. The van der Waals surface area contributed by atoms with Crippen molar-refractivity contribution >= 4 is 25.6 Å². The molecule has 5 nitrogen and oxygen atoms in total. The molecule has 0 spiro atoms. The molecule has 0 aliphatic carbocycles. The van der Waals surface area contributed by atoms with E-state index in [-0.39, 0.29) is 10.8 Å². The monoisotopic (exact) mass is 278 g/mol. The zero-order valence-electron chi connectivity index (χ0n) is 9.73. The maximum absolute atomic E-state index is 11.8. The zero-order valence-corrected chi connectivity index (χ0v) is 11.3. The number of hydrogen-bond donors (Lipinski definition) is 1. The van der Waals surface area contributed by atoms with Crippen LogP contribution in [0.3, 0.4) is 0 Å². The van der Waals surface area contributed by atoms with Crippen molar-refractivity contribution < 1.29 is 13.2 Å². The molecule has 0 aliphatic rings. The molecule has 1 N–H and O–H groups in total. The molecule has 0 atom stereocenters. The standard InChI is InChI=1S/C10H15ClN2O3S/c1-3-5-12-10(14)9-6-8(17(11,15)16)7-13(9)4-2/h6-7H,3-5H2,1-2H3,(H,12,14). The van der Waals surface area contributed by atoms with Gasteiger partial charge in [-0.05, 0) is 19.4 Å². The van der Waals surface area contributed by atoms with Crippen LogP contribution >= 0.6 is 10.7 Å². The molecule has 1 heterocycles. The Morgan fingerprint density at radius 2 is 2.12 bits per heavy atom. The number of aromatic nitrogens is 1. The van der Waals surface area contributed by atoms with E-state index in [4.69, 9.17) is 10.7 Å². The lowest BCUT2D eigenvalue weighted by Gasteiger charge is -2.05. The average molecular weight is 279 g/mol. The van der Waals surface area contributed by atoms with Gasteiger partial charge in [0.05, 0.1) is 0 Å². The van der Waals surface area contributed by atoms with Crippen molar-refractivity contribution in [3.63, 3.8) is 0 Å². The lowest BCUT2D eigenvalue weighted by Crippen LogP contribution is -2.26. The smallest absolute Gasteiger partial charge is 0.267 e. The van der Waals surface area contributed by atoms with E-state index >= 15 is 0 Å². The van der Waals surface area contributed by atoms with Gasteiger partial charge in [-0.15, -0.1) is 0 Å². The first kappa shape index (κ1) is 14.1. The van der Waals surface area contributed by atoms with Gasteiger partial charge in [0.1, 0.15) is 10.6 Å². The van der Waals surface area contributed by atoms with Gasteiger partial charge in [0.2, 0.25) is 0 Å². The first-order valence-corrected chi connectivity index (χ1v) is 7.64. The van der Waals surface area contributed by atoms with Crippen molar-refractivity contribution in [3.8, 4) is 0 Å². The summed E-state index contributed by atoms with van der Waals surface area (Å²) in [6.45, 7) is 4.81. The lowest BCUT2D eigenvalue weighted by atomic mass is 10.3. The fourth-order valence-electron chi connectivity index (χ4n) is 1.40. The highest BCUT2D eigenvalue weighted by atomic mass is 35.7. The number of halogens is 1. The van der Waals surface area contributed by atoms with Crippen LogP contribution in [0.1, 0.15) is 30.8 Å². The molecule has 17 heavy (non-hydrogen) atoms. The highest BCUT2D eigenvalue weighted by molar-refractivity contribution is 8.13. The van der Waals surface area contributed by atoms with E-state index in [2.05, 4.69) is 5.32 Å². The van der Waals surface area contributed by atoms with Crippen LogP contribution in [0.5, 0.6) is 0 Å². The predicted octanol–water partition coefficient (Wildman–Crippen LogP) is 1.58. The number of hydrogen-bond acceptors (Lipinski definition) is 3. The van der Waals surface area contributed by atoms with E-state index in [0.717, 1.165) is 6.42 Å². The van der Waals surface area contributed by atoms with E-state index in [0.29, 0.717) is 18.8 Å². The fraction of sp³-hybridized carbons (Fsp3) is 0.500. The van der Waals surface area contributed by atoms with Gasteiger partial charge in [-0.25, -0.2) is 8.42 Å². The number of amides is 1. The van der Waals surface area contributed by atoms with Crippen LogP contribution in [0.15, 0.2) is 17.2 Å². The first-order chi connectivity index (χ1) is 7.90. The Balaban J connectivity index is 3.07. The summed E-state index contributed by atoms with van der Waals surface area (Å²) in [5.41, 5.74) is 0.306. The Labute approximate surface area is 105 Å². The van der Waals surface area contributed by atoms with Gasteiger partial charge in [0.25, 0.3) is 15.0 Å². The first-order valence-electron chi connectivity index (χ1n) is 5.33. The second-order valence-corrected chi connectivity index (χ2v) is 6.11. The minimum Gasteiger partial charge on any atom is -0.351 e. The Hall–Kier alpha value is -1.01. The molecule has 1 aromatic rings. The third-order valence-electron chi connectivity index (χ3n) is 2.26. The van der Waals surface area contributed by atoms with Gasteiger partial charge < -0.3 is 9.88 Å². The molecule has 0 aliphatic heterocycles. The van der Waals surface area contributed by atoms with E-state index in [1.165, 1.54) is 12.3 Å². The highest BCUT2D eigenvalue weighted by Gasteiger charge is 2.18. The number of carbonyl (C=O) groups is 1. The van der Waals surface area contributed by atoms with Crippen LogP contribution in [-0.2, 0) is 15.6 Å². The van der Waals surface area contributed by atoms with Crippen LogP contribution in [0.4, 0.5) is 0 Å². The summed E-state index contributed by atoms with van der Waals surface area (Å²) >= 11 is 0. The second kappa shape index (κ2) is 5.55. The largest absolute Gasteiger partial charge is 0.351 e. The average Bonchev–Trinajstić information content (AvgIpc) is 2.69. The van der Waals surface area contributed by atoms with Crippen molar-refractivity contribution in [1.82, 2.24) is 9.88 Å². The van der Waals surface area contributed by atoms with Crippen LogP contribution in [0.25, 0.3) is 0 Å². The predicted molar refractivity (Wildman–Crippen MR) is 65.8 cm³/mol. The molecule has 96 valence electrons. The Morgan fingerprint density at radius 1 is 1.47 bits per heavy atom. The molecule has 0 saturated carbocycles. The maximum atomic E-state index is 11.8. The molecule has 1 rings (SSSR count). The van der Waals surface area contributed by atoms with Gasteiger partial charge in [-0.1, -0.05) is 6.92 Å². The Bertz CT molecular complexity index is 508. The van der Waals surface area contributed by atoms with E-state index in [1.54, 1.807) is 4.57 Å². The van der Waals surface area contributed by atoms with Crippen LogP contribution in [0.2, 0.25) is 0 Å². The third-order valence-corrected chi connectivity index (χ3v) is 3.58. The molecule has 0 saturated heterocycles. The minimum absolute atomic E-state index is 0.0531. The number of carbonyl (C=O) groups excluding carboxylic acids is 1. The summed E-state index contributed by atoms with van der Waals surface area (Å²) in [7, 11) is 1.44. The van der Waals surface area contributed by atoms with E-state index in [1.807, 2.05) is 13.8 Å². The summed E-state index contributed by atoms with van der Waals surface area (Å²) in [6, 6.07) is 1.29. The van der Waals surface area contributed by atoms with Crippen LogP contribution < -0.4 is 5.32 Å². The van der Waals surface area contributed by atoms with Gasteiger partial charge in [-0.3, -0.25) is 4.79 Å². The van der Waals surface area contributed by atoms with Crippen molar-refractivity contribution in [3.05, 3.63) is 18.0 Å². The Morgan fingerprint density at radius 3 is 2.59 bits per heavy atom. The summed E-state index contributed by atoms with van der Waals surface area (Å²) in [6.07, 6.45) is 2.18. The molecule has 0 aromatic carbocycles. The summed E-state index contributed by atoms with van der Waals surface area (Å²) in [5, 5.41) is 2.69. The van der Waals surface area contributed by atoms with Crippen LogP contribution in [-0.4, -0.2) is 25.4 Å². The normalized spacial score (nSPS) is 11.5. The molecule has 0 bridgehead atoms. The molecule has 0 radical (unpaired) electrons. The van der Waals surface area contributed by atoms with E-state index in [9.17, 15) is 13.2 Å². The van der Waals surface area contributed by atoms with Crippen molar-refractivity contribution in [1.29, 1.82) is 0 Å². The maximum Gasteiger partial charge on any atom is 0.267 e. The molecule has 0 unspecified atom stereocenters. The molecule has 1 amide bonds. The van der Waals surface area contributed by atoms with Crippen molar-refractivity contribution in [2.24, 2.45) is 0 Å². The summed E-state index contributed by atoms with van der Waals surface area (Å²) < 4.78 is 23.9. The zero-order chi connectivity index (χ0) is 13.1. The summed E-state index contributed by atoms with van der Waals surface area (Å²) in [4.78, 5) is 11.7. The van der Waals surface area contributed by atoms with Gasteiger partial charge in [0.15, 0.2) is 0 Å². The minimum atomic E-state index is -3.80. The topological polar surface area (TPSA) is 68.2 Å². The fourth-order valence-corrected chi connectivity index (χ4v) is 2.16. The molecular weight excluding hydrogens is 264 g/mol. The molecule has 0 fully saturated rings. The quantitative estimate of drug-likeness (QED) is 0.832. The molecule has 1 aromatic heterocycles. The van der Waals surface area contributed by atoms with Crippen molar-refractivity contribution in [2.45, 2.75) is 31.7 Å². The highest BCUT2D eigenvalue weighted by Crippen LogP contribution is 2.18. The van der Waals surface area contributed by atoms with Crippen molar-refractivity contribution in [2.75, 3.05) is 6.54 Å². The van der Waals surface area contributed by atoms with Gasteiger partial charge >= 0.3 is 0 Å². The van der Waals surface area contributed by atoms with Gasteiger partial charge in [-0.2, -0.15) is 0 Å². The summed E-state index contributed by atoms with van der Waals surface area (Å²) in [5.74, 6) is -0.291. The number of nitrogens with one attached hydrogen (secondary N) is 1. The molecular formula is C10H15ClN2O3S. The van der Waals surface area contributed by atoms with Crippen LogP contribution in [0, 0.1) is 0 Å². The SMILES string of the molecule is CCCNC(=O)c1cc(S(=O)(=O)Cl)cn1CC.